The molecule has 1 amide bonds. The fourth-order valence-corrected chi connectivity index (χ4v) is 4.18. The normalized spacial score (nSPS) is 16.6. The monoisotopic (exact) mass is 419 g/mol. The van der Waals surface area contributed by atoms with Gasteiger partial charge in [-0.1, -0.05) is 24.3 Å². The molecule has 3 heterocycles. The van der Waals surface area contributed by atoms with Gasteiger partial charge in [-0.15, -0.1) is 0 Å². The van der Waals surface area contributed by atoms with Crippen molar-refractivity contribution >= 4 is 16.9 Å². The zero-order chi connectivity index (χ0) is 21.4. The molecule has 0 spiro atoms. The van der Waals surface area contributed by atoms with Crippen molar-refractivity contribution in [2.45, 2.75) is 44.8 Å². The molecule has 5 rings (SSSR count). The summed E-state index contributed by atoms with van der Waals surface area (Å²) in [6, 6.07) is 9.86. The van der Waals surface area contributed by atoms with Gasteiger partial charge in [-0.05, 0) is 56.0 Å². The number of likely N-dealkylation sites (tertiary alicyclic amines) is 1. The minimum atomic E-state index is -0.521. The van der Waals surface area contributed by atoms with Crippen LogP contribution in [0.15, 0.2) is 46.1 Å². The Morgan fingerprint density at radius 2 is 1.81 bits per heavy atom. The molecule has 160 valence electrons. The Morgan fingerprint density at radius 3 is 2.52 bits per heavy atom. The van der Waals surface area contributed by atoms with Crippen molar-refractivity contribution in [2.75, 3.05) is 13.1 Å². The largest absolute Gasteiger partial charge is 0.348 e. The van der Waals surface area contributed by atoms with E-state index in [1.165, 1.54) is 35.2 Å². The van der Waals surface area contributed by atoms with Crippen LogP contribution in [0, 0.1) is 0 Å². The first-order valence-corrected chi connectivity index (χ1v) is 10.8. The van der Waals surface area contributed by atoms with E-state index >= 15 is 0 Å². The van der Waals surface area contributed by atoms with Crippen LogP contribution in [0.25, 0.3) is 11.0 Å². The summed E-state index contributed by atoms with van der Waals surface area (Å²) in [6.45, 7) is 3.68. The number of pyridine rings is 1. The van der Waals surface area contributed by atoms with E-state index < -0.39 is 11.2 Å². The molecule has 0 unspecified atom stereocenters. The summed E-state index contributed by atoms with van der Waals surface area (Å²) in [7, 11) is 0. The molecule has 31 heavy (non-hydrogen) atoms. The molecule has 1 aromatic carbocycles. The number of rotatable bonds is 6. The number of carbonyl (C=O) groups is 1. The van der Waals surface area contributed by atoms with Crippen molar-refractivity contribution in [3.63, 3.8) is 0 Å². The van der Waals surface area contributed by atoms with Crippen LogP contribution >= 0.6 is 0 Å². The average molecular weight is 419 g/mol. The van der Waals surface area contributed by atoms with Crippen LogP contribution in [0.5, 0.6) is 0 Å². The van der Waals surface area contributed by atoms with E-state index in [-0.39, 0.29) is 17.3 Å². The number of hydrogen-bond acceptors (Lipinski definition) is 5. The molecular weight excluding hydrogens is 394 g/mol. The van der Waals surface area contributed by atoms with Crippen LogP contribution in [0.3, 0.4) is 0 Å². The van der Waals surface area contributed by atoms with Crippen LogP contribution < -0.4 is 16.6 Å². The highest BCUT2D eigenvalue weighted by Crippen LogP contribution is 2.34. The number of aromatic amines is 1. The summed E-state index contributed by atoms with van der Waals surface area (Å²) >= 11 is 0. The first-order valence-electron chi connectivity index (χ1n) is 10.8. The molecule has 3 aromatic rings. The van der Waals surface area contributed by atoms with Crippen LogP contribution in [-0.4, -0.2) is 38.4 Å². The molecular formula is C23H25N5O3. The summed E-state index contributed by atoms with van der Waals surface area (Å²) in [5, 5.41) is 3.14. The maximum Gasteiger partial charge on any atom is 0.330 e. The zero-order valence-electron chi connectivity index (χ0n) is 17.3. The number of amides is 1. The van der Waals surface area contributed by atoms with E-state index in [9.17, 15) is 14.4 Å². The first-order chi connectivity index (χ1) is 15.1. The number of benzene rings is 1. The molecule has 8 nitrogen and oxygen atoms in total. The van der Waals surface area contributed by atoms with E-state index in [0.29, 0.717) is 17.8 Å². The number of nitrogens with zero attached hydrogens (tertiary/aromatic N) is 3. The third-order valence-electron chi connectivity index (χ3n) is 6.03. The van der Waals surface area contributed by atoms with E-state index in [4.69, 9.17) is 0 Å². The maximum absolute atomic E-state index is 12.6. The lowest BCUT2D eigenvalue weighted by Crippen LogP contribution is -2.31. The average Bonchev–Trinajstić information content (AvgIpc) is 3.47. The number of fused-ring (bicyclic) bond motifs is 1. The lowest BCUT2D eigenvalue weighted by molar-refractivity contribution is 0.0950. The van der Waals surface area contributed by atoms with Gasteiger partial charge >= 0.3 is 5.69 Å². The molecule has 1 aliphatic carbocycles. The molecule has 2 aromatic heterocycles. The Balaban J connectivity index is 1.28. The van der Waals surface area contributed by atoms with Crippen molar-refractivity contribution < 1.29 is 4.79 Å². The zero-order valence-corrected chi connectivity index (χ0v) is 17.3. The van der Waals surface area contributed by atoms with Crippen molar-refractivity contribution in [2.24, 2.45) is 0 Å². The topological polar surface area (TPSA) is 100 Å². The lowest BCUT2D eigenvalue weighted by Gasteiger charge is -2.14. The third-order valence-corrected chi connectivity index (χ3v) is 6.03. The maximum atomic E-state index is 12.6. The van der Waals surface area contributed by atoms with Crippen molar-refractivity contribution in [1.82, 2.24) is 24.8 Å². The minimum Gasteiger partial charge on any atom is -0.348 e. The summed E-state index contributed by atoms with van der Waals surface area (Å²) < 4.78 is 1.52. The number of aromatic nitrogens is 3. The summed E-state index contributed by atoms with van der Waals surface area (Å²) in [5.74, 6) is -0.306. The molecule has 1 aliphatic heterocycles. The second-order valence-electron chi connectivity index (χ2n) is 8.44. The Hall–Kier alpha value is -3.26. The molecule has 8 heteroatoms. The van der Waals surface area contributed by atoms with Gasteiger partial charge in [0, 0.05) is 25.3 Å². The fraction of sp³-hybridized carbons (Fsp3) is 0.391. The van der Waals surface area contributed by atoms with E-state index in [0.717, 1.165) is 38.0 Å². The Bertz CT molecular complexity index is 1230. The molecule has 2 N–H and O–H groups in total. The molecule has 2 aliphatic rings. The highest BCUT2D eigenvalue weighted by molar-refractivity contribution is 5.96. The number of H-pyrrole nitrogens is 1. The number of carbonyl (C=O) groups excluding carboxylic acids is 1. The Labute approximate surface area is 178 Å². The van der Waals surface area contributed by atoms with Gasteiger partial charge in [-0.2, -0.15) is 0 Å². The Kier molecular flexibility index (Phi) is 5.15. The molecule has 0 radical (unpaired) electrons. The second-order valence-corrected chi connectivity index (χ2v) is 8.44. The minimum absolute atomic E-state index is 0.0764. The van der Waals surface area contributed by atoms with Gasteiger partial charge in [0.05, 0.1) is 10.9 Å². The summed E-state index contributed by atoms with van der Waals surface area (Å²) in [4.78, 5) is 46.1. The standard InChI is InChI=1S/C23H25N5O3/c29-21(25-12-15-3-5-16(6-4-15)14-27-9-1-2-10-27)17-11-19-20(24-13-17)28(18-7-8-18)23(31)26-22(19)30/h3-6,11,13,18H,1-2,7-10,12,14H2,(H,25,29)(H,26,30,31). The van der Waals surface area contributed by atoms with Crippen LogP contribution in [0.4, 0.5) is 0 Å². The van der Waals surface area contributed by atoms with Gasteiger partial charge in [-0.25, -0.2) is 9.78 Å². The van der Waals surface area contributed by atoms with Crippen LogP contribution in [0.2, 0.25) is 0 Å². The molecule has 2 fully saturated rings. The predicted octanol–water partition coefficient (Wildman–Crippen LogP) is 1.95. The van der Waals surface area contributed by atoms with Crippen molar-refractivity contribution in [3.8, 4) is 0 Å². The highest BCUT2D eigenvalue weighted by Gasteiger charge is 2.27. The summed E-state index contributed by atoms with van der Waals surface area (Å²) in [5.41, 5.74) is 1.95. The van der Waals surface area contributed by atoms with Crippen LogP contribution in [0.1, 0.15) is 53.2 Å². The fourth-order valence-electron chi connectivity index (χ4n) is 4.18. The smallest absolute Gasteiger partial charge is 0.330 e. The van der Waals surface area contributed by atoms with E-state index in [2.05, 4.69) is 32.3 Å². The van der Waals surface area contributed by atoms with E-state index in [1.807, 2.05) is 12.1 Å². The SMILES string of the molecule is O=C(NCc1ccc(CN2CCCC2)cc1)c1cnc2c(c1)c(=O)[nH]c(=O)n2C1CC1. The predicted molar refractivity (Wildman–Crippen MR) is 117 cm³/mol. The van der Waals surface area contributed by atoms with Gasteiger partial charge in [0.25, 0.3) is 11.5 Å². The molecule has 1 saturated heterocycles. The van der Waals surface area contributed by atoms with Gasteiger partial charge in [-0.3, -0.25) is 24.0 Å². The van der Waals surface area contributed by atoms with Gasteiger partial charge < -0.3 is 5.32 Å². The van der Waals surface area contributed by atoms with Gasteiger partial charge in [0.15, 0.2) is 0 Å². The Morgan fingerprint density at radius 1 is 1.10 bits per heavy atom. The lowest BCUT2D eigenvalue weighted by atomic mass is 10.1. The third kappa shape index (κ3) is 4.16. The quantitative estimate of drug-likeness (QED) is 0.636. The van der Waals surface area contributed by atoms with Crippen LogP contribution in [-0.2, 0) is 13.1 Å². The summed E-state index contributed by atoms with van der Waals surface area (Å²) in [6.07, 6.45) is 5.76. The highest BCUT2D eigenvalue weighted by atomic mass is 16.2. The van der Waals surface area contributed by atoms with Crippen molar-refractivity contribution in [3.05, 3.63) is 74.1 Å². The van der Waals surface area contributed by atoms with Crippen molar-refractivity contribution in [1.29, 1.82) is 0 Å². The molecule has 0 bridgehead atoms. The number of nitrogens with one attached hydrogen (secondary N) is 2. The van der Waals surface area contributed by atoms with Gasteiger partial charge in [0.1, 0.15) is 5.65 Å². The second kappa shape index (κ2) is 8.11. The molecule has 1 saturated carbocycles. The molecule has 0 atom stereocenters. The van der Waals surface area contributed by atoms with Gasteiger partial charge in [0.2, 0.25) is 0 Å². The van der Waals surface area contributed by atoms with E-state index in [1.54, 1.807) is 0 Å². The number of hydrogen-bond donors (Lipinski definition) is 2. The first kappa shape index (κ1) is 19.7.